The average molecular weight is 571 g/mol. The zero-order chi connectivity index (χ0) is 21.3. The number of carbonyl (C=O) groups is 4. The molecular formula is C18H16Br2Cl2N2O5. The Morgan fingerprint density at radius 1 is 1.07 bits per heavy atom. The summed E-state index contributed by atoms with van der Waals surface area (Å²) in [6, 6.07) is 4.53. The van der Waals surface area contributed by atoms with Crippen molar-refractivity contribution >= 4 is 84.4 Å². The van der Waals surface area contributed by atoms with Gasteiger partial charge in [-0.15, -0.1) is 0 Å². The van der Waals surface area contributed by atoms with E-state index in [-0.39, 0.29) is 26.5 Å². The molecule has 7 nitrogen and oxygen atoms in total. The van der Waals surface area contributed by atoms with Gasteiger partial charge in [0.05, 0.1) is 21.9 Å². The maximum atomic E-state index is 12.5. The van der Waals surface area contributed by atoms with Crippen LogP contribution in [-0.4, -0.2) is 51.4 Å². The summed E-state index contributed by atoms with van der Waals surface area (Å²) >= 11 is 18.7. The molecule has 0 spiro atoms. The number of alkyl halides is 2. The Morgan fingerprint density at radius 2 is 1.66 bits per heavy atom. The summed E-state index contributed by atoms with van der Waals surface area (Å²) in [7, 11) is 0. The van der Waals surface area contributed by atoms with E-state index in [0.29, 0.717) is 23.6 Å². The third-order valence-corrected chi connectivity index (χ3v) is 8.33. The summed E-state index contributed by atoms with van der Waals surface area (Å²) in [5, 5.41) is 3.12. The van der Waals surface area contributed by atoms with Crippen LogP contribution in [0.3, 0.4) is 0 Å². The number of fused-ring (bicyclic) bond motifs is 1. The molecule has 11 heteroatoms. The number of hydrogen-bond donors (Lipinski definition) is 1. The summed E-state index contributed by atoms with van der Waals surface area (Å²) < 4.78 is 4.91. The molecule has 1 aliphatic heterocycles. The Hall–Kier alpha value is -1.16. The van der Waals surface area contributed by atoms with E-state index in [4.69, 9.17) is 27.9 Å². The van der Waals surface area contributed by atoms with Crippen LogP contribution in [0.15, 0.2) is 18.2 Å². The van der Waals surface area contributed by atoms with Gasteiger partial charge in [0.15, 0.2) is 6.61 Å². The first-order valence-corrected chi connectivity index (χ1v) is 11.3. The lowest BCUT2D eigenvalue weighted by Gasteiger charge is -2.29. The number of imide groups is 1. The predicted molar refractivity (Wildman–Crippen MR) is 114 cm³/mol. The van der Waals surface area contributed by atoms with E-state index in [1.165, 1.54) is 12.1 Å². The Morgan fingerprint density at radius 3 is 2.21 bits per heavy atom. The number of hydrogen-bond acceptors (Lipinski definition) is 5. The van der Waals surface area contributed by atoms with Gasteiger partial charge in [-0.2, -0.15) is 0 Å². The lowest BCUT2D eigenvalue weighted by molar-refractivity contribution is -0.154. The highest BCUT2D eigenvalue weighted by Gasteiger charge is 2.52. The van der Waals surface area contributed by atoms with Gasteiger partial charge >= 0.3 is 5.97 Å². The quantitative estimate of drug-likeness (QED) is 0.333. The van der Waals surface area contributed by atoms with Gasteiger partial charge in [-0.3, -0.25) is 24.1 Å². The summed E-state index contributed by atoms with van der Waals surface area (Å²) in [6.07, 6.45) is 1.03. The number of amides is 3. The maximum absolute atomic E-state index is 12.5. The molecule has 1 N–H and O–H groups in total. The van der Waals surface area contributed by atoms with Gasteiger partial charge in [0, 0.05) is 15.3 Å². The highest BCUT2D eigenvalue weighted by atomic mass is 79.9. The molecule has 1 saturated heterocycles. The Bertz CT molecular complexity index is 841. The third kappa shape index (κ3) is 5.13. The Kier molecular flexibility index (Phi) is 7.24. The molecular weight excluding hydrogens is 555 g/mol. The fourth-order valence-electron chi connectivity index (χ4n) is 3.41. The number of esters is 1. The van der Waals surface area contributed by atoms with Crippen LogP contribution in [0.5, 0.6) is 0 Å². The van der Waals surface area contributed by atoms with E-state index in [1.54, 1.807) is 6.07 Å². The van der Waals surface area contributed by atoms with Crippen LogP contribution in [0.2, 0.25) is 10.0 Å². The van der Waals surface area contributed by atoms with Crippen LogP contribution in [0.1, 0.15) is 12.8 Å². The van der Waals surface area contributed by atoms with Crippen LogP contribution in [0.25, 0.3) is 0 Å². The van der Waals surface area contributed by atoms with Crippen LogP contribution in [0.4, 0.5) is 5.69 Å². The fraction of sp³-hybridized carbons (Fsp3) is 0.444. The molecule has 0 bridgehead atoms. The standard InChI is InChI=1S/C18H16Br2Cl2N2O5/c19-11-4-9-10(5-12(11)20)18(28)24(17(9)27)6-16(26)29-7-15(25)23-8-1-2-13(21)14(22)3-8/h1-3,9-12H,4-7H2,(H,23,25)/t9-,10-,11+,12+/m1/s1. The van der Waals surface area contributed by atoms with E-state index < -0.39 is 36.9 Å². The molecule has 1 aliphatic carbocycles. The summed E-state index contributed by atoms with van der Waals surface area (Å²) in [4.78, 5) is 50.2. The van der Waals surface area contributed by atoms with Gasteiger partial charge in [0.1, 0.15) is 6.54 Å². The first-order valence-electron chi connectivity index (χ1n) is 8.71. The molecule has 1 heterocycles. The predicted octanol–water partition coefficient (Wildman–Crippen LogP) is 3.40. The molecule has 0 aromatic heterocycles. The molecule has 0 radical (unpaired) electrons. The number of nitrogens with one attached hydrogen (secondary N) is 1. The summed E-state index contributed by atoms with van der Waals surface area (Å²) in [5.74, 6) is -3.05. The second-order valence-electron chi connectivity index (χ2n) is 6.82. The van der Waals surface area contributed by atoms with Crippen LogP contribution in [-0.2, 0) is 23.9 Å². The molecule has 3 rings (SSSR count). The smallest absolute Gasteiger partial charge is 0.326 e. The average Bonchev–Trinajstić information content (AvgIpc) is 2.88. The van der Waals surface area contributed by atoms with Crippen LogP contribution >= 0.6 is 55.1 Å². The van der Waals surface area contributed by atoms with Crippen LogP contribution < -0.4 is 5.32 Å². The van der Waals surface area contributed by atoms with Gasteiger partial charge in [-0.25, -0.2) is 0 Å². The number of anilines is 1. The first kappa shape index (κ1) is 22.5. The van der Waals surface area contributed by atoms with Crippen molar-refractivity contribution in [2.75, 3.05) is 18.5 Å². The second-order valence-corrected chi connectivity index (χ2v) is 9.98. The van der Waals surface area contributed by atoms with E-state index in [1.807, 2.05) is 0 Å². The maximum Gasteiger partial charge on any atom is 0.326 e. The number of halogens is 4. The van der Waals surface area contributed by atoms with Crippen LogP contribution in [0, 0.1) is 11.8 Å². The number of ether oxygens (including phenoxy) is 1. The van der Waals surface area contributed by atoms with Gasteiger partial charge in [0.2, 0.25) is 11.8 Å². The Labute approximate surface area is 193 Å². The summed E-state index contributed by atoms with van der Waals surface area (Å²) in [5.41, 5.74) is 0.392. The molecule has 2 fully saturated rings. The SMILES string of the molecule is O=C(COC(=O)CN1C(=O)[C@@H]2C[C@H](Br)[C@@H](Br)C[C@H]2C1=O)Nc1ccc(Cl)c(Cl)c1. The molecule has 3 amide bonds. The molecule has 2 aliphatic rings. The molecule has 4 atom stereocenters. The second kappa shape index (κ2) is 9.32. The van der Waals surface area contributed by atoms with Gasteiger partial charge < -0.3 is 10.1 Å². The zero-order valence-corrected chi connectivity index (χ0v) is 19.6. The van der Waals surface area contributed by atoms with Crippen molar-refractivity contribution in [1.82, 2.24) is 4.90 Å². The van der Waals surface area contributed by atoms with Crippen molar-refractivity contribution in [2.24, 2.45) is 11.8 Å². The minimum Gasteiger partial charge on any atom is -0.454 e. The summed E-state index contributed by atoms with van der Waals surface area (Å²) in [6.45, 7) is -1.07. The van der Waals surface area contributed by atoms with E-state index in [2.05, 4.69) is 37.2 Å². The van der Waals surface area contributed by atoms with Crippen molar-refractivity contribution in [2.45, 2.75) is 22.5 Å². The number of likely N-dealkylation sites (tertiary alicyclic amines) is 1. The first-order chi connectivity index (χ1) is 13.7. The molecule has 1 saturated carbocycles. The monoisotopic (exact) mass is 568 g/mol. The number of nitrogens with zero attached hydrogens (tertiary/aromatic N) is 1. The number of benzene rings is 1. The van der Waals surface area contributed by atoms with Gasteiger partial charge in [0.25, 0.3) is 5.91 Å². The van der Waals surface area contributed by atoms with E-state index in [9.17, 15) is 19.2 Å². The highest BCUT2D eigenvalue weighted by molar-refractivity contribution is 9.12. The molecule has 29 heavy (non-hydrogen) atoms. The van der Waals surface area contributed by atoms with Gasteiger partial charge in [-0.1, -0.05) is 55.1 Å². The normalized spacial score (nSPS) is 26.3. The number of carbonyl (C=O) groups excluding carboxylic acids is 4. The van der Waals surface area contributed by atoms with Crippen molar-refractivity contribution in [3.8, 4) is 0 Å². The zero-order valence-electron chi connectivity index (χ0n) is 14.9. The van der Waals surface area contributed by atoms with E-state index in [0.717, 1.165) is 4.90 Å². The molecule has 1 aromatic carbocycles. The molecule has 156 valence electrons. The minimum absolute atomic E-state index is 0.0810. The minimum atomic E-state index is -0.833. The fourth-order valence-corrected chi connectivity index (χ4v) is 4.95. The lowest BCUT2D eigenvalue weighted by Crippen LogP contribution is -2.37. The molecule has 1 aromatic rings. The van der Waals surface area contributed by atoms with Gasteiger partial charge in [-0.05, 0) is 31.0 Å². The van der Waals surface area contributed by atoms with E-state index >= 15 is 0 Å². The van der Waals surface area contributed by atoms with Crippen molar-refractivity contribution in [3.05, 3.63) is 28.2 Å². The largest absolute Gasteiger partial charge is 0.454 e. The topological polar surface area (TPSA) is 92.8 Å². The van der Waals surface area contributed by atoms with Crippen molar-refractivity contribution in [3.63, 3.8) is 0 Å². The van der Waals surface area contributed by atoms with Crippen molar-refractivity contribution < 1.29 is 23.9 Å². The highest BCUT2D eigenvalue weighted by Crippen LogP contribution is 2.43. The Balaban J connectivity index is 1.51. The number of rotatable bonds is 5. The van der Waals surface area contributed by atoms with Crippen molar-refractivity contribution in [1.29, 1.82) is 0 Å². The lowest BCUT2D eigenvalue weighted by atomic mass is 9.81. The third-order valence-electron chi connectivity index (χ3n) is 4.86. The molecule has 0 unspecified atom stereocenters.